The van der Waals surface area contributed by atoms with Crippen LogP contribution in [-0.2, 0) is 23.5 Å². The highest BCUT2D eigenvalue weighted by atomic mass is 32.2. The van der Waals surface area contributed by atoms with Crippen LogP contribution in [0.4, 0.5) is 5.82 Å². The summed E-state index contributed by atoms with van der Waals surface area (Å²) in [5, 5.41) is 10.7. The largest absolute Gasteiger partial charge is 0.483 e. The quantitative estimate of drug-likeness (QED) is 0.591. The Morgan fingerprint density at radius 3 is 2.45 bits per heavy atom. The summed E-state index contributed by atoms with van der Waals surface area (Å²) in [6, 6.07) is 6.02. The van der Waals surface area contributed by atoms with Crippen molar-refractivity contribution in [3.8, 4) is 5.75 Å². The number of sulfone groups is 1. The van der Waals surface area contributed by atoms with Gasteiger partial charge in [0.05, 0.1) is 17.7 Å². The van der Waals surface area contributed by atoms with Gasteiger partial charge < -0.3 is 14.9 Å². The Morgan fingerprint density at radius 1 is 1.32 bits per heavy atom. The van der Waals surface area contributed by atoms with Gasteiger partial charge in [0.25, 0.3) is 0 Å². The van der Waals surface area contributed by atoms with E-state index in [1.54, 1.807) is 19.1 Å². The molecule has 1 aromatic carbocycles. The smallest absolute Gasteiger partial charge is 0.342 e. The lowest BCUT2D eigenvalue weighted by Gasteiger charge is -2.06. The van der Waals surface area contributed by atoms with Crippen molar-refractivity contribution in [2.24, 2.45) is 7.05 Å². The molecule has 0 amide bonds. The number of benzene rings is 1. The Labute approximate surface area is 127 Å². The van der Waals surface area contributed by atoms with Crippen LogP contribution in [0.15, 0.2) is 35.4 Å². The highest BCUT2D eigenvalue weighted by molar-refractivity contribution is 7.91. The Balaban J connectivity index is 2.08. The van der Waals surface area contributed by atoms with Crippen LogP contribution >= 0.6 is 0 Å². The zero-order valence-corrected chi connectivity index (χ0v) is 12.9. The predicted molar refractivity (Wildman–Crippen MR) is 78.4 cm³/mol. The van der Waals surface area contributed by atoms with Crippen molar-refractivity contribution in [1.82, 2.24) is 9.55 Å². The van der Waals surface area contributed by atoms with Crippen molar-refractivity contribution in [2.75, 3.05) is 5.75 Å². The van der Waals surface area contributed by atoms with Crippen LogP contribution in [0.25, 0.3) is 0 Å². The van der Waals surface area contributed by atoms with E-state index in [-0.39, 0.29) is 23.1 Å². The second-order valence-electron chi connectivity index (χ2n) is 4.51. The Hall–Kier alpha value is -2.42. The van der Waals surface area contributed by atoms with Gasteiger partial charge in [0.1, 0.15) is 11.9 Å². The summed E-state index contributed by atoms with van der Waals surface area (Å²) >= 11 is 0. The number of rotatable bonds is 6. The minimum atomic E-state index is -3.24. The molecule has 0 spiro atoms. The van der Waals surface area contributed by atoms with Gasteiger partial charge in [0.2, 0.25) is 5.82 Å². The SMILES string of the molecule is CCS(=O)(=O)c1ccc(OCc2ncc([N+](=O)[O-])n2C)cc1. The van der Waals surface area contributed by atoms with Gasteiger partial charge in [-0.15, -0.1) is 0 Å². The highest BCUT2D eigenvalue weighted by Gasteiger charge is 2.17. The molecule has 0 saturated heterocycles. The molecule has 0 fully saturated rings. The lowest BCUT2D eigenvalue weighted by atomic mass is 10.3. The highest BCUT2D eigenvalue weighted by Crippen LogP contribution is 2.19. The zero-order valence-electron chi connectivity index (χ0n) is 12.1. The van der Waals surface area contributed by atoms with Crippen LogP contribution in [0.5, 0.6) is 5.75 Å². The fourth-order valence-electron chi connectivity index (χ4n) is 1.80. The summed E-state index contributed by atoms with van der Waals surface area (Å²) in [7, 11) is -1.71. The van der Waals surface area contributed by atoms with Gasteiger partial charge in [-0.05, 0) is 29.2 Å². The average Bonchev–Trinajstić information content (AvgIpc) is 2.87. The molecule has 8 nitrogen and oxygen atoms in total. The molecule has 0 aliphatic heterocycles. The average molecular weight is 325 g/mol. The third-order valence-corrected chi connectivity index (χ3v) is 4.93. The van der Waals surface area contributed by atoms with Gasteiger partial charge in [0, 0.05) is 0 Å². The third-order valence-electron chi connectivity index (χ3n) is 3.18. The molecule has 118 valence electrons. The van der Waals surface area contributed by atoms with Crippen LogP contribution in [0.1, 0.15) is 12.7 Å². The van der Waals surface area contributed by atoms with E-state index in [2.05, 4.69) is 4.98 Å². The molecule has 0 radical (unpaired) electrons. The van der Waals surface area contributed by atoms with Gasteiger partial charge in [-0.3, -0.25) is 0 Å². The molecule has 1 aromatic heterocycles. The lowest BCUT2D eigenvalue weighted by Crippen LogP contribution is -2.06. The summed E-state index contributed by atoms with van der Waals surface area (Å²) in [4.78, 5) is 14.3. The normalized spacial score (nSPS) is 11.4. The topological polar surface area (TPSA) is 104 Å². The number of hydrogen-bond acceptors (Lipinski definition) is 6. The molecule has 0 bridgehead atoms. The van der Waals surface area contributed by atoms with E-state index in [0.717, 1.165) is 6.20 Å². The maximum absolute atomic E-state index is 11.7. The molecule has 2 rings (SSSR count). The summed E-state index contributed by atoms with van der Waals surface area (Å²) < 4.78 is 30.2. The van der Waals surface area contributed by atoms with Gasteiger partial charge in [-0.1, -0.05) is 6.92 Å². The monoisotopic (exact) mass is 325 g/mol. The Morgan fingerprint density at radius 2 is 1.95 bits per heavy atom. The molecule has 2 aromatic rings. The van der Waals surface area contributed by atoms with E-state index >= 15 is 0 Å². The molecule has 0 unspecified atom stereocenters. The fraction of sp³-hybridized carbons (Fsp3) is 0.308. The minimum absolute atomic E-state index is 0.0319. The second-order valence-corrected chi connectivity index (χ2v) is 6.79. The molecule has 0 saturated carbocycles. The molecule has 22 heavy (non-hydrogen) atoms. The van der Waals surface area contributed by atoms with Crippen LogP contribution < -0.4 is 4.74 Å². The van der Waals surface area contributed by atoms with Gasteiger partial charge in [-0.2, -0.15) is 0 Å². The first-order valence-electron chi connectivity index (χ1n) is 6.45. The van der Waals surface area contributed by atoms with E-state index in [1.165, 1.54) is 23.7 Å². The van der Waals surface area contributed by atoms with Gasteiger partial charge in [0.15, 0.2) is 16.4 Å². The second kappa shape index (κ2) is 6.14. The van der Waals surface area contributed by atoms with E-state index in [4.69, 9.17) is 4.74 Å². The summed E-state index contributed by atoms with van der Waals surface area (Å²) in [6.45, 7) is 1.62. The first-order valence-corrected chi connectivity index (χ1v) is 8.11. The van der Waals surface area contributed by atoms with Crippen LogP contribution in [0.2, 0.25) is 0 Å². The first kappa shape index (κ1) is 16.0. The molecule has 0 aliphatic rings. The fourth-order valence-corrected chi connectivity index (χ4v) is 2.68. The van der Waals surface area contributed by atoms with E-state index in [0.29, 0.717) is 11.6 Å². The number of hydrogen-bond donors (Lipinski definition) is 0. The molecule has 0 atom stereocenters. The summed E-state index contributed by atoms with van der Waals surface area (Å²) in [5.41, 5.74) is 0. The molecular weight excluding hydrogens is 310 g/mol. The molecule has 9 heteroatoms. The number of imidazole rings is 1. The molecular formula is C13H15N3O5S. The molecule has 0 aliphatic carbocycles. The Bertz CT molecular complexity index is 781. The minimum Gasteiger partial charge on any atom is -0.483 e. The van der Waals surface area contributed by atoms with E-state index < -0.39 is 14.8 Å². The third kappa shape index (κ3) is 3.25. The number of aromatic nitrogens is 2. The molecule has 1 heterocycles. The van der Waals surface area contributed by atoms with Crippen molar-refractivity contribution in [1.29, 1.82) is 0 Å². The maximum Gasteiger partial charge on any atom is 0.342 e. The predicted octanol–water partition coefficient (Wildman–Crippen LogP) is 1.70. The van der Waals surface area contributed by atoms with Crippen molar-refractivity contribution in [3.63, 3.8) is 0 Å². The van der Waals surface area contributed by atoms with Crippen LogP contribution in [-0.4, -0.2) is 28.6 Å². The van der Waals surface area contributed by atoms with E-state index in [9.17, 15) is 18.5 Å². The lowest BCUT2D eigenvalue weighted by molar-refractivity contribution is -0.391. The van der Waals surface area contributed by atoms with Gasteiger partial charge >= 0.3 is 5.82 Å². The summed E-state index contributed by atoms with van der Waals surface area (Å²) in [6.07, 6.45) is 1.16. The van der Waals surface area contributed by atoms with E-state index in [1.807, 2.05) is 0 Å². The zero-order chi connectivity index (χ0) is 16.3. The number of ether oxygens (including phenoxy) is 1. The van der Waals surface area contributed by atoms with Crippen LogP contribution in [0.3, 0.4) is 0 Å². The molecule has 0 N–H and O–H groups in total. The summed E-state index contributed by atoms with van der Waals surface area (Å²) in [5.74, 6) is 0.769. The van der Waals surface area contributed by atoms with Crippen molar-refractivity contribution in [2.45, 2.75) is 18.4 Å². The standard InChI is InChI=1S/C13H15N3O5S/c1-3-22(19,20)11-6-4-10(5-7-11)21-9-12-14-8-13(15(12)2)16(17)18/h4-8H,3,9H2,1-2H3. The van der Waals surface area contributed by atoms with Gasteiger partial charge in [-0.25, -0.2) is 18.0 Å². The number of nitro groups is 1. The van der Waals surface area contributed by atoms with Crippen molar-refractivity contribution < 1.29 is 18.1 Å². The first-order chi connectivity index (χ1) is 10.3. The van der Waals surface area contributed by atoms with Crippen molar-refractivity contribution >= 4 is 15.7 Å². The van der Waals surface area contributed by atoms with Crippen molar-refractivity contribution in [3.05, 3.63) is 46.4 Å². The maximum atomic E-state index is 11.7. The number of nitrogens with zero attached hydrogens (tertiary/aromatic N) is 3. The van der Waals surface area contributed by atoms with Crippen LogP contribution in [0, 0.1) is 10.1 Å². The Kier molecular flexibility index (Phi) is 4.45.